The first-order chi connectivity index (χ1) is 14.1. The van der Waals surface area contributed by atoms with E-state index in [0.29, 0.717) is 22.3 Å². The molecule has 3 rings (SSSR count). The fourth-order valence-corrected chi connectivity index (χ4v) is 5.93. The van der Waals surface area contributed by atoms with Crippen LogP contribution in [0.25, 0.3) is 11.1 Å². The van der Waals surface area contributed by atoms with Gasteiger partial charge in [-0.05, 0) is 41.5 Å². The summed E-state index contributed by atoms with van der Waals surface area (Å²) in [6.45, 7) is 0. The van der Waals surface area contributed by atoms with Crippen molar-refractivity contribution in [3.63, 3.8) is 0 Å². The number of phenolic OH excluding ortho intramolecular Hbond substituents is 1. The Morgan fingerprint density at radius 2 is 1.80 bits per heavy atom. The molecule has 1 heterocycles. The highest BCUT2D eigenvalue weighted by Crippen LogP contribution is 2.39. The lowest BCUT2D eigenvalue weighted by Crippen LogP contribution is -2.10. The number of halogens is 1. The van der Waals surface area contributed by atoms with Crippen LogP contribution in [0.5, 0.6) is 5.75 Å². The zero-order valence-electron chi connectivity index (χ0n) is 15.6. The molecule has 2 aromatic carbocycles. The molecule has 0 radical (unpaired) electrons. The van der Waals surface area contributed by atoms with Gasteiger partial charge in [0.1, 0.15) is 19.9 Å². The highest BCUT2D eigenvalue weighted by molar-refractivity contribution is 7.92. The maximum Gasteiger partial charge on any atom is 0.341 e. The van der Waals surface area contributed by atoms with Gasteiger partial charge in [0, 0.05) is 11.1 Å². The number of carbonyl (C=O) groups is 2. The van der Waals surface area contributed by atoms with Gasteiger partial charge in [0.05, 0.1) is 12.9 Å². The summed E-state index contributed by atoms with van der Waals surface area (Å²) < 4.78 is 30.6. The molecule has 0 bridgehead atoms. The summed E-state index contributed by atoms with van der Waals surface area (Å²) in [6.07, 6.45) is 0. The molecule has 1 amide bonds. The van der Waals surface area contributed by atoms with Crippen molar-refractivity contribution in [2.45, 2.75) is 9.96 Å². The molecule has 10 heteroatoms. The number of amides is 1. The van der Waals surface area contributed by atoms with E-state index in [9.17, 15) is 23.1 Å². The number of sulfone groups is 1. The molecule has 3 N–H and O–H groups in total. The Balaban J connectivity index is 1.89. The lowest BCUT2D eigenvalue weighted by molar-refractivity contribution is 0.0597. The number of primary amides is 1. The SMILES string of the molecule is COC(=O)c1ccc(CS(=O)(=O)c2cc(-c3ccc(C(N)=O)cc3)c(Cl)s2)cc1O. The number of nitrogens with two attached hydrogens (primary N) is 1. The van der Waals surface area contributed by atoms with Crippen LogP contribution in [0.3, 0.4) is 0 Å². The summed E-state index contributed by atoms with van der Waals surface area (Å²) in [4.78, 5) is 22.7. The van der Waals surface area contributed by atoms with Gasteiger partial charge in [-0.15, -0.1) is 11.3 Å². The normalized spacial score (nSPS) is 11.3. The second-order valence-corrected chi connectivity index (χ2v) is 10.2. The van der Waals surface area contributed by atoms with Crippen molar-refractivity contribution < 1.29 is 27.9 Å². The minimum absolute atomic E-state index is 0.0537. The average molecular weight is 466 g/mol. The van der Waals surface area contributed by atoms with Crippen LogP contribution in [0.1, 0.15) is 26.3 Å². The van der Waals surface area contributed by atoms with Crippen molar-refractivity contribution >= 4 is 44.7 Å². The molecule has 0 fully saturated rings. The Morgan fingerprint density at radius 1 is 1.13 bits per heavy atom. The summed E-state index contributed by atoms with van der Waals surface area (Å²) >= 11 is 7.17. The number of esters is 1. The van der Waals surface area contributed by atoms with E-state index in [1.54, 1.807) is 12.1 Å². The number of ether oxygens (including phenoxy) is 1. The third-order valence-electron chi connectivity index (χ3n) is 4.28. The van der Waals surface area contributed by atoms with Crippen LogP contribution in [0.2, 0.25) is 4.34 Å². The molecule has 0 aliphatic rings. The van der Waals surface area contributed by atoms with Gasteiger partial charge in [0.15, 0.2) is 9.84 Å². The monoisotopic (exact) mass is 465 g/mol. The minimum atomic E-state index is -3.77. The number of benzene rings is 2. The molecule has 7 nitrogen and oxygen atoms in total. The van der Waals surface area contributed by atoms with E-state index in [0.717, 1.165) is 11.3 Å². The highest BCUT2D eigenvalue weighted by atomic mass is 35.5. The van der Waals surface area contributed by atoms with Gasteiger partial charge in [0.2, 0.25) is 5.91 Å². The number of phenols is 1. The number of hydrogen-bond acceptors (Lipinski definition) is 7. The fourth-order valence-electron chi connectivity index (χ4n) is 2.75. The van der Waals surface area contributed by atoms with E-state index in [1.807, 2.05) is 0 Å². The lowest BCUT2D eigenvalue weighted by atomic mass is 10.1. The number of carbonyl (C=O) groups excluding carboxylic acids is 2. The molecule has 0 saturated heterocycles. The van der Waals surface area contributed by atoms with Crippen LogP contribution in [0, 0.1) is 0 Å². The maximum atomic E-state index is 12.8. The van der Waals surface area contributed by atoms with Gasteiger partial charge in [-0.25, -0.2) is 13.2 Å². The van der Waals surface area contributed by atoms with E-state index in [2.05, 4.69) is 4.74 Å². The van der Waals surface area contributed by atoms with Gasteiger partial charge < -0.3 is 15.6 Å². The van der Waals surface area contributed by atoms with E-state index in [4.69, 9.17) is 17.3 Å². The molecule has 0 atom stereocenters. The van der Waals surface area contributed by atoms with Crippen molar-refractivity contribution in [1.29, 1.82) is 0 Å². The fraction of sp³-hybridized carbons (Fsp3) is 0.100. The smallest absolute Gasteiger partial charge is 0.341 e. The van der Waals surface area contributed by atoms with Crippen LogP contribution in [-0.2, 0) is 20.3 Å². The Morgan fingerprint density at radius 3 is 2.37 bits per heavy atom. The largest absolute Gasteiger partial charge is 0.507 e. The van der Waals surface area contributed by atoms with E-state index in [-0.39, 0.29) is 25.6 Å². The minimum Gasteiger partial charge on any atom is -0.507 e. The second kappa shape index (κ2) is 8.47. The quantitative estimate of drug-likeness (QED) is 0.535. The predicted octanol–water partition coefficient (Wildman–Crippen LogP) is 3.63. The molecule has 0 aliphatic carbocycles. The second-order valence-electron chi connectivity index (χ2n) is 6.30. The van der Waals surface area contributed by atoms with Gasteiger partial charge in [-0.1, -0.05) is 29.8 Å². The molecular weight excluding hydrogens is 450 g/mol. The first-order valence-corrected chi connectivity index (χ1v) is 11.3. The van der Waals surface area contributed by atoms with Gasteiger partial charge in [-0.2, -0.15) is 0 Å². The van der Waals surface area contributed by atoms with Crippen LogP contribution in [0.4, 0.5) is 0 Å². The van der Waals surface area contributed by atoms with E-state index < -0.39 is 21.7 Å². The van der Waals surface area contributed by atoms with Crippen molar-refractivity contribution in [2.24, 2.45) is 5.73 Å². The van der Waals surface area contributed by atoms with Crippen LogP contribution >= 0.6 is 22.9 Å². The Kier molecular flexibility index (Phi) is 6.16. The van der Waals surface area contributed by atoms with Crippen LogP contribution < -0.4 is 5.73 Å². The summed E-state index contributed by atoms with van der Waals surface area (Å²) in [5, 5.41) is 9.97. The Labute approximate surface area is 181 Å². The zero-order chi connectivity index (χ0) is 22.1. The summed E-state index contributed by atoms with van der Waals surface area (Å²) in [5.74, 6) is -2.05. The topological polar surface area (TPSA) is 124 Å². The van der Waals surface area contributed by atoms with Gasteiger partial charge in [0.25, 0.3) is 0 Å². The van der Waals surface area contributed by atoms with Crippen molar-refractivity contribution in [2.75, 3.05) is 7.11 Å². The molecule has 0 aliphatic heterocycles. The van der Waals surface area contributed by atoms with Crippen molar-refractivity contribution in [3.05, 3.63) is 69.6 Å². The van der Waals surface area contributed by atoms with E-state index in [1.165, 1.54) is 43.5 Å². The molecule has 156 valence electrons. The Hall–Kier alpha value is -2.88. The standard InChI is InChI=1S/C20H16ClNO6S2/c1-28-20(25)14-7-2-11(8-16(14)23)10-30(26,27)17-9-15(18(21)29-17)12-3-5-13(6-4-12)19(22)24/h2-9,23H,10H2,1H3,(H2,22,24). The number of thiophene rings is 1. The number of hydrogen-bond donors (Lipinski definition) is 2. The molecular formula is C20H16ClNO6S2. The number of rotatable bonds is 6. The Bertz CT molecular complexity index is 1230. The molecule has 30 heavy (non-hydrogen) atoms. The average Bonchev–Trinajstić information content (AvgIpc) is 3.10. The number of aromatic hydroxyl groups is 1. The lowest BCUT2D eigenvalue weighted by Gasteiger charge is -2.06. The molecule has 1 aromatic heterocycles. The maximum absolute atomic E-state index is 12.8. The molecule has 0 unspecified atom stereocenters. The summed E-state index contributed by atoms with van der Waals surface area (Å²) in [5.41, 5.74) is 6.95. The molecule has 3 aromatic rings. The zero-order valence-corrected chi connectivity index (χ0v) is 18.0. The first-order valence-electron chi connectivity index (χ1n) is 8.45. The van der Waals surface area contributed by atoms with Crippen molar-refractivity contribution in [3.8, 4) is 16.9 Å². The predicted molar refractivity (Wildman–Crippen MR) is 114 cm³/mol. The molecule has 0 saturated carbocycles. The van der Waals surface area contributed by atoms with E-state index >= 15 is 0 Å². The first kappa shape index (κ1) is 21.8. The van der Waals surface area contributed by atoms with Gasteiger partial charge >= 0.3 is 5.97 Å². The van der Waals surface area contributed by atoms with Crippen molar-refractivity contribution in [1.82, 2.24) is 0 Å². The number of methoxy groups -OCH3 is 1. The third kappa shape index (κ3) is 4.48. The molecule has 0 spiro atoms. The van der Waals surface area contributed by atoms with Crippen LogP contribution in [-0.4, -0.2) is 32.5 Å². The summed E-state index contributed by atoms with van der Waals surface area (Å²) in [7, 11) is -2.59. The summed E-state index contributed by atoms with van der Waals surface area (Å²) in [6, 6.07) is 11.7. The van der Waals surface area contributed by atoms with Gasteiger partial charge in [-0.3, -0.25) is 4.79 Å². The third-order valence-corrected chi connectivity index (χ3v) is 7.88. The van der Waals surface area contributed by atoms with Crippen LogP contribution in [0.15, 0.2) is 52.7 Å². The highest BCUT2D eigenvalue weighted by Gasteiger charge is 2.22.